The maximum Gasteiger partial charge on any atom is 0.143 e. The van der Waals surface area contributed by atoms with Crippen LogP contribution < -0.4 is 0 Å². The van der Waals surface area contributed by atoms with Crippen molar-refractivity contribution < 1.29 is 4.39 Å². The van der Waals surface area contributed by atoms with Crippen molar-refractivity contribution in [1.29, 1.82) is 0 Å². The summed E-state index contributed by atoms with van der Waals surface area (Å²) in [6.07, 6.45) is 0.592. The molecule has 2 rings (SSSR count). The van der Waals surface area contributed by atoms with Gasteiger partial charge in [0.15, 0.2) is 0 Å². The molecule has 0 unspecified atom stereocenters. The van der Waals surface area contributed by atoms with Crippen molar-refractivity contribution >= 4 is 15.9 Å². The van der Waals surface area contributed by atoms with Crippen LogP contribution in [-0.4, -0.2) is 14.8 Å². The fourth-order valence-electron chi connectivity index (χ4n) is 1.50. The molecular weight excluding hydrogens is 273 g/mol. The third-order valence-electron chi connectivity index (χ3n) is 2.43. The molecule has 0 aliphatic heterocycles. The molecule has 0 amide bonds. The topological polar surface area (TPSA) is 30.7 Å². The smallest absolute Gasteiger partial charge is 0.143 e. The van der Waals surface area contributed by atoms with Gasteiger partial charge in [0.2, 0.25) is 0 Å². The minimum atomic E-state index is -0.222. The lowest BCUT2D eigenvalue weighted by Gasteiger charge is -2.02. The molecule has 0 atom stereocenters. The second kappa shape index (κ2) is 4.74. The van der Waals surface area contributed by atoms with Crippen molar-refractivity contribution in [3.8, 4) is 0 Å². The molecule has 2 aromatic rings. The summed E-state index contributed by atoms with van der Waals surface area (Å²) in [5.74, 6) is 1.48. The van der Waals surface area contributed by atoms with Crippen LogP contribution in [0.2, 0.25) is 0 Å². The Labute approximate surface area is 101 Å². The number of hydrogen-bond donors (Lipinski definition) is 0. The van der Waals surface area contributed by atoms with Crippen molar-refractivity contribution in [1.82, 2.24) is 14.8 Å². The van der Waals surface area contributed by atoms with E-state index in [1.54, 1.807) is 6.07 Å². The van der Waals surface area contributed by atoms with Crippen molar-refractivity contribution in [3.63, 3.8) is 0 Å². The Morgan fingerprint density at radius 2 is 2.06 bits per heavy atom. The highest BCUT2D eigenvalue weighted by atomic mass is 79.9. The Morgan fingerprint density at radius 1 is 1.31 bits per heavy atom. The lowest BCUT2D eigenvalue weighted by molar-refractivity contribution is 0.625. The zero-order valence-corrected chi connectivity index (χ0v) is 10.4. The number of rotatable bonds is 3. The number of benzene rings is 1. The quantitative estimate of drug-likeness (QED) is 0.810. The van der Waals surface area contributed by atoms with Crippen LogP contribution >= 0.6 is 15.9 Å². The summed E-state index contributed by atoms with van der Waals surface area (Å²) < 4.78 is 14.9. The molecule has 0 radical (unpaired) electrons. The molecule has 1 aromatic carbocycles. The first-order valence-electron chi connectivity index (χ1n) is 4.88. The molecular formula is C11H11BrFN3. The van der Waals surface area contributed by atoms with E-state index in [0.717, 1.165) is 17.2 Å². The van der Waals surface area contributed by atoms with Crippen molar-refractivity contribution in [2.75, 3.05) is 0 Å². The van der Waals surface area contributed by atoms with E-state index in [-0.39, 0.29) is 5.82 Å². The number of nitrogens with zero attached hydrogens (tertiary/aromatic N) is 3. The summed E-state index contributed by atoms with van der Waals surface area (Å²) >= 11 is 3.34. The van der Waals surface area contributed by atoms with Gasteiger partial charge in [-0.25, -0.2) is 4.39 Å². The lowest BCUT2D eigenvalue weighted by atomic mass is 10.1. The maximum atomic E-state index is 13.0. The molecule has 0 fully saturated rings. The monoisotopic (exact) mass is 283 g/mol. The Hall–Kier alpha value is -1.23. The molecule has 16 heavy (non-hydrogen) atoms. The zero-order valence-electron chi connectivity index (χ0n) is 8.82. The SMILES string of the molecule is Cn1c(CBr)nnc1Cc1cccc(F)c1. The Kier molecular flexibility index (Phi) is 3.33. The first-order chi connectivity index (χ1) is 7.70. The molecule has 84 valence electrons. The van der Waals surface area contributed by atoms with Gasteiger partial charge in [-0.3, -0.25) is 0 Å². The molecule has 0 spiro atoms. The first-order valence-corrected chi connectivity index (χ1v) is 6.00. The predicted octanol–water partition coefficient (Wildman–Crippen LogP) is 2.44. The fourth-order valence-corrected chi connectivity index (χ4v) is 1.99. The third-order valence-corrected chi connectivity index (χ3v) is 2.93. The Bertz CT molecular complexity index is 496. The predicted molar refractivity (Wildman–Crippen MR) is 62.8 cm³/mol. The van der Waals surface area contributed by atoms with E-state index in [1.807, 2.05) is 17.7 Å². The summed E-state index contributed by atoms with van der Waals surface area (Å²) in [6, 6.07) is 6.53. The van der Waals surface area contributed by atoms with E-state index in [2.05, 4.69) is 26.1 Å². The summed E-state index contributed by atoms with van der Waals surface area (Å²) in [5, 5.41) is 8.76. The van der Waals surface area contributed by atoms with Crippen LogP contribution in [0, 0.1) is 5.82 Å². The Morgan fingerprint density at radius 3 is 2.69 bits per heavy atom. The average Bonchev–Trinajstić information content (AvgIpc) is 2.60. The molecule has 1 heterocycles. The van der Waals surface area contributed by atoms with E-state index < -0.39 is 0 Å². The fraction of sp³-hybridized carbons (Fsp3) is 0.273. The van der Waals surface area contributed by atoms with Gasteiger partial charge < -0.3 is 4.57 Å². The van der Waals surface area contributed by atoms with Crippen LogP contribution in [0.25, 0.3) is 0 Å². The van der Waals surface area contributed by atoms with E-state index in [4.69, 9.17) is 0 Å². The van der Waals surface area contributed by atoms with E-state index in [1.165, 1.54) is 12.1 Å². The van der Waals surface area contributed by atoms with Gasteiger partial charge in [-0.2, -0.15) is 0 Å². The summed E-state index contributed by atoms with van der Waals surface area (Å²) in [4.78, 5) is 0. The molecule has 0 N–H and O–H groups in total. The molecule has 0 bridgehead atoms. The van der Waals surface area contributed by atoms with Gasteiger partial charge in [0.1, 0.15) is 17.5 Å². The van der Waals surface area contributed by atoms with Crippen LogP contribution in [0.5, 0.6) is 0 Å². The highest BCUT2D eigenvalue weighted by Gasteiger charge is 2.08. The molecule has 1 aromatic heterocycles. The molecule has 5 heteroatoms. The Balaban J connectivity index is 2.24. The van der Waals surface area contributed by atoms with Gasteiger partial charge in [-0.1, -0.05) is 28.1 Å². The average molecular weight is 284 g/mol. The number of hydrogen-bond acceptors (Lipinski definition) is 2. The number of alkyl halides is 1. The summed E-state index contributed by atoms with van der Waals surface area (Å²) in [7, 11) is 1.91. The zero-order chi connectivity index (χ0) is 11.5. The molecule has 0 aliphatic carbocycles. The van der Waals surface area contributed by atoms with Gasteiger partial charge in [0.05, 0.1) is 5.33 Å². The number of halogens is 2. The van der Waals surface area contributed by atoms with E-state index in [9.17, 15) is 4.39 Å². The van der Waals surface area contributed by atoms with Gasteiger partial charge in [0.25, 0.3) is 0 Å². The van der Waals surface area contributed by atoms with Gasteiger partial charge >= 0.3 is 0 Å². The van der Waals surface area contributed by atoms with Crippen LogP contribution in [-0.2, 0) is 18.8 Å². The minimum Gasteiger partial charge on any atom is -0.317 e. The highest BCUT2D eigenvalue weighted by Crippen LogP contribution is 2.11. The van der Waals surface area contributed by atoms with Crippen LogP contribution in [0.4, 0.5) is 4.39 Å². The maximum absolute atomic E-state index is 13.0. The highest BCUT2D eigenvalue weighted by molar-refractivity contribution is 9.08. The first kappa shape index (κ1) is 11.3. The van der Waals surface area contributed by atoms with Gasteiger partial charge in [-0.15, -0.1) is 10.2 Å². The summed E-state index contributed by atoms with van der Waals surface area (Å²) in [5.41, 5.74) is 0.900. The van der Waals surface area contributed by atoms with E-state index in [0.29, 0.717) is 11.8 Å². The molecule has 0 aliphatic rings. The number of aromatic nitrogens is 3. The second-order valence-corrected chi connectivity index (χ2v) is 4.09. The standard InChI is InChI=1S/C11H11BrFN3/c1-16-10(14-15-11(16)7-12)6-8-3-2-4-9(13)5-8/h2-5H,6-7H2,1H3. The largest absolute Gasteiger partial charge is 0.317 e. The minimum absolute atomic E-state index is 0.222. The molecule has 3 nitrogen and oxygen atoms in total. The van der Waals surface area contributed by atoms with Crippen molar-refractivity contribution in [3.05, 3.63) is 47.3 Å². The summed E-state index contributed by atoms with van der Waals surface area (Å²) in [6.45, 7) is 0. The van der Waals surface area contributed by atoms with E-state index >= 15 is 0 Å². The van der Waals surface area contributed by atoms with Crippen molar-refractivity contribution in [2.24, 2.45) is 7.05 Å². The van der Waals surface area contributed by atoms with Crippen molar-refractivity contribution in [2.45, 2.75) is 11.8 Å². The molecule has 0 saturated carbocycles. The van der Waals surface area contributed by atoms with Gasteiger partial charge in [-0.05, 0) is 17.7 Å². The third kappa shape index (κ3) is 2.29. The van der Waals surface area contributed by atoms with Crippen LogP contribution in [0.3, 0.4) is 0 Å². The van der Waals surface area contributed by atoms with Crippen LogP contribution in [0.1, 0.15) is 17.2 Å². The van der Waals surface area contributed by atoms with Crippen LogP contribution in [0.15, 0.2) is 24.3 Å². The lowest BCUT2D eigenvalue weighted by Crippen LogP contribution is -2.02. The van der Waals surface area contributed by atoms with Gasteiger partial charge in [0, 0.05) is 13.5 Å². The normalized spacial score (nSPS) is 10.7. The second-order valence-electron chi connectivity index (χ2n) is 3.53. The molecule has 0 saturated heterocycles.